The van der Waals surface area contributed by atoms with E-state index in [2.05, 4.69) is 19.2 Å². The summed E-state index contributed by atoms with van der Waals surface area (Å²) in [6, 6.07) is 0.739. The molecule has 2 heteroatoms. The maximum Gasteiger partial charge on any atom is 0.0590 e. The summed E-state index contributed by atoms with van der Waals surface area (Å²) in [5, 5.41) is 3.57. The van der Waals surface area contributed by atoms with Crippen LogP contribution in [0.15, 0.2) is 0 Å². The third-order valence-electron chi connectivity index (χ3n) is 3.22. The number of nitrogens with one attached hydrogen (secondary N) is 1. The summed E-state index contributed by atoms with van der Waals surface area (Å²) in [6.07, 6.45) is 5.39. The van der Waals surface area contributed by atoms with Crippen molar-refractivity contribution in [2.45, 2.75) is 52.5 Å². The zero-order chi connectivity index (χ0) is 10.4. The third kappa shape index (κ3) is 4.43. The Hall–Kier alpha value is -0.0800. The highest BCUT2D eigenvalue weighted by molar-refractivity contribution is 4.81. The van der Waals surface area contributed by atoms with Gasteiger partial charge in [-0.3, -0.25) is 0 Å². The average Bonchev–Trinajstić information content (AvgIpc) is 2.15. The monoisotopic (exact) mass is 199 g/mol. The highest BCUT2D eigenvalue weighted by atomic mass is 16.5. The number of hydrogen-bond donors (Lipinski definition) is 1. The Balaban J connectivity index is 2.04. The molecule has 0 aliphatic heterocycles. The van der Waals surface area contributed by atoms with Gasteiger partial charge in [-0.15, -0.1) is 0 Å². The Labute approximate surface area is 88.4 Å². The van der Waals surface area contributed by atoms with E-state index in [1.807, 2.05) is 6.92 Å². The smallest absolute Gasteiger partial charge is 0.0590 e. The Morgan fingerprint density at radius 1 is 1.29 bits per heavy atom. The normalized spacial score (nSPS) is 22.5. The summed E-state index contributed by atoms with van der Waals surface area (Å²) < 4.78 is 5.30. The van der Waals surface area contributed by atoms with Gasteiger partial charge in [-0.2, -0.15) is 0 Å². The van der Waals surface area contributed by atoms with Crippen molar-refractivity contribution in [2.24, 2.45) is 5.41 Å². The lowest BCUT2D eigenvalue weighted by Gasteiger charge is -2.34. The lowest BCUT2D eigenvalue weighted by molar-refractivity contribution is 0.139. The summed E-state index contributed by atoms with van der Waals surface area (Å²) in [5.41, 5.74) is 0.581. The van der Waals surface area contributed by atoms with Crippen molar-refractivity contribution in [3.63, 3.8) is 0 Å². The van der Waals surface area contributed by atoms with Gasteiger partial charge in [0, 0.05) is 19.2 Å². The van der Waals surface area contributed by atoms with Crippen molar-refractivity contribution in [3.8, 4) is 0 Å². The van der Waals surface area contributed by atoms with Crippen LogP contribution in [0, 0.1) is 5.41 Å². The molecule has 1 rings (SSSR count). The molecule has 1 aliphatic carbocycles. The van der Waals surface area contributed by atoms with Gasteiger partial charge in [0.05, 0.1) is 6.61 Å². The van der Waals surface area contributed by atoms with Gasteiger partial charge in [0.25, 0.3) is 0 Å². The lowest BCUT2D eigenvalue weighted by atomic mass is 9.75. The molecule has 1 saturated carbocycles. The molecule has 0 radical (unpaired) electrons. The van der Waals surface area contributed by atoms with E-state index in [4.69, 9.17) is 4.74 Å². The predicted molar refractivity (Wildman–Crippen MR) is 60.5 cm³/mol. The number of ether oxygens (including phenoxy) is 1. The molecule has 0 spiro atoms. The zero-order valence-corrected chi connectivity index (χ0v) is 9.94. The molecule has 1 aliphatic rings. The summed E-state index contributed by atoms with van der Waals surface area (Å²) in [4.78, 5) is 0. The minimum atomic E-state index is 0.581. The van der Waals surface area contributed by atoms with Gasteiger partial charge in [0.1, 0.15) is 0 Å². The van der Waals surface area contributed by atoms with E-state index < -0.39 is 0 Å². The van der Waals surface area contributed by atoms with Gasteiger partial charge in [-0.25, -0.2) is 0 Å². The molecule has 0 aromatic rings. The minimum absolute atomic E-state index is 0.581. The van der Waals surface area contributed by atoms with Crippen molar-refractivity contribution in [3.05, 3.63) is 0 Å². The molecule has 0 amide bonds. The zero-order valence-electron chi connectivity index (χ0n) is 9.94. The van der Waals surface area contributed by atoms with Crippen LogP contribution in [-0.4, -0.2) is 25.8 Å². The molecule has 0 atom stereocenters. The maximum absolute atomic E-state index is 5.30. The second kappa shape index (κ2) is 5.72. The second-order valence-corrected chi connectivity index (χ2v) is 5.09. The van der Waals surface area contributed by atoms with Gasteiger partial charge < -0.3 is 10.1 Å². The van der Waals surface area contributed by atoms with Crippen LogP contribution in [0.3, 0.4) is 0 Å². The van der Waals surface area contributed by atoms with Gasteiger partial charge in [0.2, 0.25) is 0 Å². The Morgan fingerprint density at radius 2 is 1.93 bits per heavy atom. The van der Waals surface area contributed by atoms with E-state index in [9.17, 15) is 0 Å². The van der Waals surface area contributed by atoms with E-state index in [0.29, 0.717) is 5.41 Å². The minimum Gasteiger partial charge on any atom is -0.380 e. The highest BCUT2D eigenvalue weighted by Gasteiger charge is 2.26. The summed E-state index contributed by atoms with van der Waals surface area (Å²) in [7, 11) is 0. The van der Waals surface area contributed by atoms with E-state index in [1.165, 1.54) is 25.7 Å². The highest BCUT2D eigenvalue weighted by Crippen LogP contribution is 2.34. The van der Waals surface area contributed by atoms with E-state index in [-0.39, 0.29) is 0 Å². The Kier molecular flexibility index (Phi) is 4.90. The topological polar surface area (TPSA) is 21.3 Å². The van der Waals surface area contributed by atoms with E-state index in [1.54, 1.807) is 0 Å². The first kappa shape index (κ1) is 12.0. The molecular weight excluding hydrogens is 174 g/mol. The van der Waals surface area contributed by atoms with Crippen LogP contribution in [0.4, 0.5) is 0 Å². The van der Waals surface area contributed by atoms with Crippen molar-refractivity contribution < 1.29 is 4.74 Å². The molecule has 1 fully saturated rings. The first-order chi connectivity index (χ1) is 6.64. The van der Waals surface area contributed by atoms with Crippen LogP contribution in [-0.2, 0) is 4.74 Å². The molecule has 0 aromatic heterocycles. The standard InChI is InChI=1S/C12H25NO/c1-4-14-10-9-13-11-5-7-12(2,3)8-6-11/h11,13H,4-10H2,1-3H3. The fraction of sp³-hybridized carbons (Fsp3) is 1.00. The lowest BCUT2D eigenvalue weighted by Crippen LogP contribution is -2.37. The van der Waals surface area contributed by atoms with Crippen LogP contribution >= 0.6 is 0 Å². The molecule has 0 bridgehead atoms. The van der Waals surface area contributed by atoms with Crippen molar-refractivity contribution in [2.75, 3.05) is 19.8 Å². The number of hydrogen-bond acceptors (Lipinski definition) is 2. The molecule has 0 aromatic carbocycles. The van der Waals surface area contributed by atoms with Crippen LogP contribution in [0.1, 0.15) is 46.5 Å². The fourth-order valence-corrected chi connectivity index (χ4v) is 2.08. The van der Waals surface area contributed by atoms with Crippen LogP contribution in [0.5, 0.6) is 0 Å². The maximum atomic E-state index is 5.30. The molecular formula is C12H25NO. The molecule has 14 heavy (non-hydrogen) atoms. The predicted octanol–water partition coefficient (Wildman–Crippen LogP) is 2.58. The molecule has 2 nitrogen and oxygen atoms in total. The number of rotatable bonds is 5. The fourth-order valence-electron chi connectivity index (χ4n) is 2.08. The van der Waals surface area contributed by atoms with Gasteiger partial charge >= 0.3 is 0 Å². The van der Waals surface area contributed by atoms with Crippen molar-refractivity contribution in [1.29, 1.82) is 0 Å². The average molecular weight is 199 g/mol. The SMILES string of the molecule is CCOCCNC1CCC(C)(C)CC1. The largest absolute Gasteiger partial charge is 0.380 e. The quantitative estimate of drug-likeness (QED) is 0.687. The first-order valence-electron chi connectivity index (χ1n) is 5.95. The molecule has 0 saturated heterocycles. The van der Waals surface area contributed by atoms with Crippen molar-refractivity contribution in [1.82, 2.24) is 5.32 Å². The second-order valence-electron chi connectivity index (χ2n) is 5.09. The van der Waals surface area contributed by atoms with E-state index >= 15 is 0 Å². The molecule has 84 valence electrons. The summed E-state index contributed by atoms with van der Waals surface area (Å²) >= 11 is 0. The molecule has 1 N–H and O–H groups in total. The van der Waals surface area contributed by atoms with Crippen LogP contribution in [0.25, 0.3) is 0 Å². The van der Waals surface area contributed by atoms with Gasteiger partial charge in [0.15, 0.2) is 0 Å². The van der Waals surface area contributed by atoms with Gasteiger partial charge in [-0.1, -0.05) is 13.8 Å². The first-order valence-corrected chi connectivity index (χ1v) is 5.95. The van der Waals surface area contributed by atoms with E-state index in [0.717, 1.165) is 25.8 Å². The summed E-state index contributed by atoms with van der Waals surface area (Å²) in [5.74, 6) is 0. The Morgan fingerprint density at radius 3 is 2.50 bits per heavy atom. The van der Waals surface area contributed by atoms with Gasteiger partial charge in [-0.05, 0) is 38.0 Å². The van der Waals surface area contributed by atoms with Crippen LogP contribution < -0.4 is 5.32 Å². The van der Waals surface area contributed by atoms with Crippen molar-refractivity contribution >= 4 is 0 Å². The Bertz CT molecular complexity index is 146. The summed E-state index contributed by atoms with van der Waals surface area (Å²) in [6.45, 7) is 9.50. The third-order valence-corrected chi connectivity index (χ3v) is 3.22. The van der Waals surface area contributed by atoms with Crippen LogP contribution in [0.2, 0.25) is 0 Å². The molecule has 0 heterocycles. The molecule has 0 unspecified atom stereocenters.